The Labute approximate surface area is 157 Å². The summed E-state index contributed by atoms with van der Waals surface area (Å²) in [6.07, 6.45) is 0.150. The molecule has 0 aliphatic carbocycles. The van der Waals surface area contributed by atoms with Gasteiger partial charge in [0, 0.05) is 6.54 Å². The van der Waals surface area contributed by atoms with E-state index in [1.54, 1.807) is 48.5 Å². The number of rotatable bonds is 10. The highest BCUT2D eigenvalue weighted by Gasteiger charge is 2.40. The average Bonchev–Trinajstić information content (AvgIpc) is 2.62. The fourth-order valence-corrected chi connectivity index (χ4v) is 3.23. The zero-order chi connectivity index (χ0) is 19.9. The molecule has 27 heavy (non-hydrogen) atoms. The van der Waals surface area contributed by atoms with Gasteiger partial charge in [0.25, 0.3) is 0 Å². The van der Waals surface area contributed by atoms with Crippen molar-refractivity contribution in [3.8, 4) is 0 Å². The third-order valence-electron chi connectivity index (χ3n) is 4.47. The molecule has 142 valence electrons. The molecule has 0 spiro atoms. The van der Waals surface area contributed by atoms with Gasteiger partial charge in [-0.2, -0.15) is 0 Å². The van der Waals surface area contributed by atoms with Gasteiger partial charge in [0.1, 0.15) is 0 Å². The first-order valence-corrected chi connectivity index (χ1v) is 8.43. The van der Waals surface area contributed by atoms with Gasteiger partial charge in [-0.3, -0.25) is 19.3 Å². The number of carboxylic acids is 2. The van der Waals surface area contributed by atoms with E-state index in [0.29, 0.717) is 11.1 Å². The van der Waals surface area contributed by atoms with Crippen LogP contribution in [0.4, 0.5) is 0 Å². The number of primary amides is 1. The Bertz CT molecular complexity index is 737. The molecule has 0 heterocycles. The van der Waals surface area contributed by atoms with Crippen LogP contribution in [-0.4, -0.2) is 52.6 Å². The molecule has 2 rings (SSSR count). The number of carbonyl (C=O) groups is 3. The summed E-state index contributed by atoms with van der Waals surface area (Å²) in [7, 11) is 0. The van der Waals surface area contributed by atoms with Crippen LogP contribution in [0, 0.1) is 0 Å². The summed E-state index contributed by atoms with van der Waals surface area (Å²) in [5.41, 5.74) is 5.99. The first kappa shape index (κ1) is 20.1. The SMILES string of the molecule is NC(=O)C(CCN(CC(=O)O)CC(=O)O)(c1ccccc1)c1ccccc1. The molecule has 0 radical (unpaired) electrons. The smallest absolute Gasteiger partial charge is 0.317 e. The summed E-state index contributed by atoms with van der Waals surface area (Å²) < 4.78 is 0. The van der Waals surface area contributed by atoms with Crippen molar-refractivity contribution in [2.45, 2.75) is 11.8 Å². The highest BCUT2D eigenvalue weighted by Crippen LogP contribution is 2.35. The van der Waals surface area contributed by atoms with E-state index in [1.807, 2.05) is 12.1 Å². The standard InChI is InChI=1S/C20H22N2O5/c21-19(27)20(15-7-3-1-4-8-15,16-9-5-2-6-10-16)11-12-22(13-17(23)24)14-18(25)26/h1-10H,11-14H2,(H2,21,27)(H,23,24)(H,25,26). The summed E-state index contributed by atoms with van der Waals surface area (Å²) in [5, 5.41) is 18.1. The lowest BCUT2D eigenvalue weighted by Crippen LogP contribution is -2.46. The minimum Gasteiger partial charge on any atom is -0.480 e. The molecule has 7 heteroatoms. The van der Waals surface area contributed by atoms with E-state index in [4.69, 9.17) is 15.9 Å². The molecule has 0 atom stereocenters. The molecule has 2 aromatic carbocycles. The van der Waals surface area contributed by atoms with Crippen molar-refractivity contribution in [2.75, 3.05) is 19.6 Å². The van der Waals surface area contributed by atoms with E-state index in [0.717, 1.165) is 0 Å². The highest BCUT2D eigenvalue weighted by atomic mass is 16.4. The van der Waals surface area contributed by atoms with Crippen molar-refractivity contribution < 1.29 is 24.6 Å². The summed E-state index contributed by atoms with van der Waals surface area (Å²) >= 11 is 0. The Hall–Kier alpha value is -3.19. The Kier molecular flexibility index (Phi) is 6.67. The highest BCUT2D eigenvalue weighted by molar-refractivity contribution is 5.90. The summed E-state index contributed by atoms with van der Waals surface area (Å²) in [6.45, 7) is -0.805. The first-order chi connectivity index (χ1) is 12.9. The maximum atomic E-state index is 12.7. The van der Waals surface area contributed by atoms with Crippen molar-refractivity contribution in [1.82, 2.24) is 4.90 Å². The molecule has 2 aromatic rings. The van der Waals surface area contributed by atoms with Crippen molar-refractivity contribution in [3.63, 3.8) is 0 Å². The van der Waals surface area contributed by atoms with Gasteiger partial charge in [0.15, 0.2) is 0 Å². The zero-order valence-electron chi connectivity index (χ0n) is 14.7. The van der Waals surface area contributed by atoms with Gasteiger partial charge in [-0.05, 0) is 17.5 Å². The number of nitrogens with two attached hydrogens (primary N) is 1. The summed E-state index contributed by atoms with van der Waals surface area (Å²) in [6, 6.07) is 18.0. The molecule has 1 amide bonds. The van der Waals surface area contributed by atoms with Gasteiger partial charge >= 0.3 is 11.9 Å². The van der Waals surface area contributed by atoms with Gasteiger partial charge in [0.05, 0.1) is 18.5 Å². The number of nitrogens with zero attached hydrogens (tertiary/aromatic N) is 1. The molecule has 0 aliphatic heterocycles. The van der Waals surface area contributed by atoms with E-state index in [-0.39, 0.29) is 13.0 Å². The van der Waals surface area contributed by atoms with Crippen LogP contribution in [0.5, 0.6) is 0 Å². The molecule has 0 fully saturated rings. The normalized spacial score (nSPS) is 11.3. The molecule has 4 N–H and O–H groups in total. The van der Waals surface area contributed by atoms with Crippen LogP contribution in [0.25, 0.3) is 0 Å². The van der Waals surface area contributed by atoms with E-state index in [1.165, 1.54) is 4.90 Å². The summed E-state index contributed by atoms with van der Waals surface area (Å²) in [4.78, 5) is 36.0. The number of amides is 1. The maximum Gasteiger partial charge on any atom is 0.317 e. The van der Waals surface area contributed by atoms with E-state index >= 15 is 0 Å². The fourth-order valence-electron chi connectivity index (χ4n) is 3.23. The number of carbonyl (C=O) groups excluding carboxylic acids is 1. The second-order valence-corrected chi connectivity index (χ2v) is 6.25. The zero-order valence-corrected chi connectivity index (χ0v) is 14.7. The number of carboxylic acid groups (broad SMARTS) is 2. The second-order valence-electron chi connectivity index (χ2n) is 6.25. The van der Waals surface area contributed by atoms with Gasteiger partial charge in [0.2, 0.25) is 5.91 Å². The molecule has 0 saturated heterocycles. The first-order valence-electron chi connectivity index (χ1n) is 8.43. The van der Waals surface area contributed by atoms with Crippen LogP contribution < -0.4 is 5.73 Å². The van der Waals surface area contributed by atoms with E-state index in [9.17, 15) is 14.4 Å². The molecular formula is C20H22N2O5. The van der Waals surface area contributed by atoms with Crippen molar-refractivity contribution in [3.05, 3.63) is 71.8 Å². The lowest BCUT2D eigenvalue weighted by atomic mass is 9.71. The lowest BCUT2D eigenvalue weighted by Gasteiger charge is -2.33. The quantitative estimate of drug-likeness (QED) is 0.580. The van der Waals surface area contributed by atoms with Crippen LogP contribution in [-0.2, 0) is 19.8 Å². The van der Waals surface area contributed by atoms with Gasteiger partial charge in [-0.15, -0.1) is 0 Å². The van der Waals surface area contributed by atoms with E-state index < -0.39 is 36.4 Å². The van der Waals surface area contributed by atoms with Crippen molar-refractivity contribution in [1.29, 1.82) is 0 Å². The molecule has 7 nitrogen and oxygen atoms in total. The largest absolute Gasteiger partial charge is 0.480 e. The fraction of sp³-hybridized carbons (Fsp3) is 0.250. The van der Waals surface area contributed by atoms with Crippen molar-refractivity contribution >= 4 is 17.8 Å². The van der Waals surface area contributed by atoms with Crippen LogP contribution in [0.15, 0.2) is 60.7 Å². The van der Waals surface area contributed by atoms with Crippen LogP contribution in [0.3, 0.4) is 0 Å². The van der Waals surface area contributed by atoms with Gasteiger partial charge < -0.3 is 15.9 Å². The average molecular weight is 370 g/mol. The molecule has 0 bridgehead atoms. The predicted octanol–water partition coefficient (Wildman–Crippen LogP) is 1.32. The number of hydrogen-bond acceptors (Lipinski definition) is 4. The molecule has 0 aliphatic rings. The Balaban J connectivity index is 2.44. The van der Waals surface area contributed by atoms with Crippen LogP contribution in [0.2, 0.25) is 0 Å². The topological polar surface area (TPSA) is 121 Å². The molecule has 0 saturated carbocycles. The Morgan fingerprint density at radius 1 is 0.815 bits per heavy atom. The number of benzene rings is 2. The Morgan fingerprint density at radius 3 is 1.56 bits per heavy atom. The monoisotopic (exact) mass is 370 g/mol. The molecule has 0 aromatic heterocycles. The predicted molar refractivity (Wildman–Crippen MR) is 99.2 cm³/mol. The van der Waals surface area contributed by atoms with Crippen LogP contribution in [0.1, 0.15) is 17.5 Å². The second kappa shape index (κ2) is 8.95. The van der Waals surface area contributed by atoms with Crippen molar-refractivity contribution in [2.24, 2.45) is 5.73 Å². The van der Waals surface area contributed by atoms with Gasteiger partial charge in [-0.25, -0.2) is 0 Å². The Morgan fingerprint density at radius 2 is 1.22 bits per heavy atom. The number of aliphatic carboxylic acids is 2. The van der Waals surface area contributed by atoms with Crippen LogP contribution >= 0.6 is 0 Å². The molecular weight excluding hydrogens is 348 g/mol. The lowest BCUT2D eigenvalue weighted by molar-refractivity contribution is -0.141. The number of hydrogen-bond donors (Lipinski definition) is 3. The minimum atomic E-state index is -1.20. The molecule has 0 unspecified atom stereocenters. The third-order valence-corrected chi connectivity index (χ3v) is 4.47. The van der Waals surface area contributed by atoms with Gasteiger partial charge in [-0.1, -0.05) is 60.7 Å². The van der Waals surface area contributed by atoms with E-state index in [2.05, 4.69) is 0 Å². The third kappa shape index (κ3) is 4.92. The summed E-state index contributed by atoms with van der Waals surface area (Å²) in [5.74, 6) is -2.86. The maximum absolute atomic E-state index is 12.7. The minimum absolute atomic E-state index is 0.0747.